The predicted octanol–water partition coefficient (Wildman–Crippen LogP) is 3.26. The lowest BCUT2D eigenvalue weighted by molar-refractivity contribution is 0.167. The number of nitrogens with one attached hydrogen (secondary N) is 1. The Hall–Kier alpha value is -1.16. The van der Waals surface area contributed by atoms with E-state index in [1.54, 1.807) is 0 Å². The summed E-state index contributed by atoms with van der Waals surface area (Å²) in [6.07, 6.45) is 3.97. The van der Waals surface area contributed by atoms with Gasteiger partial charge < -0.3 is 10.1 Å². The minimum absolute atomic E-state index is 0.0187. The first-order valence-corrected chi connectivity index (χ1v) is 6.55. The van der Waals surface area contributed by atoms with Crippen molar-refractivity contribution < 1.29 is 13.5 Å². The van der Waals surface area contributed by atoms with E-state index in [0.29, 0.717) is 0 Å². The van der Waals surface area contributed by atoms with Crippen molar-refractivity contribution in [2.24, 2.45) is 0 Å². The highest BCUT2D eigenvalue weighted by molar-refractivity contribution is 5.25. The van der Waals surface area contributed by atoms with Crippen molar-refractivity contribution in [1.29, 1.82) is 0 Å². The fourth-order valence-electron chi connectivity index (χ4n) is 2.36. The highest BCUT2D eigenvalue weighted by Crippen LogP contribution is 2.27. The smallest absolute Gasteiger partial charge is 0.165 e. The van der Waals surface area contributed by atoms with Crippen LogP contribution in [0.1, 0.15) is 32.6 Å². The lowest BCUT2D eigenvalue weighted by Gasteiger charge is -2.22. The van der Waals surface area contributed by atoms with Crippen molar-refractivity contribution in [1.82, 2.24) is 5.32 Å². The van der Waals surface area contributed by atoms with Crippen LogP contribution >= 0.6 is 0 Å². The van der Waals surface area contributed by atoms with Crippen LogP contribution < -0.4 is 10.1 Å². The number of halogens is 2. The van der Waals surface area contributed by atoms with Gasteiger partial charge >= 0.3 is 0 Å². The summed E-state index contributed by atoms with van der Waals surface area (Å²) in [5.41, 5.74) is 0. The van der Waals surface area contributed by atoms with Gasteiger partial charge in [-0.15, -0.1) is 0 Å². The molecule has 2 rings (SSSR count). The molecule has 1 aliphatic rings. The zero-order valence-electron chi connectivity index (χ0n) is 10.6. The fourth-order valence-corrected chi connectivity index (χ4v) is 2.36. The summed E-state index contributed by atoms with van der Waals surface area (Å²) >= 11 is 0. The minimum Gasteiger partial charge on any atom is -0.486 e. The Morgan fingerprint density at radius 2 is 2.17 bits per heavy atom. The first kappa shape index (κ1) is 13.3. The second-order valence-corrected chi connectivity index (χ2v) is 4.72. The maximum atomic E-state index is 13.5. The van der Waals surface area contributed by atoms with Crippen LogP contribution in [-0.2, 0) is 0 Å². The van der Waals surface area contributed by atoms with Crippen LogP contribution in [0.15, 0.2) is 18.2 Å². The van der Waals surface area contributed by atoms with Gasteiger partial charge in [-0.2, -0.15) is 0 Å². The highest BCUT2D eigenvalue weighted by atomic mass is 19.1. The molecule has 1 N–H and O–H groups in total. The van der Waals surface area contributed by atoms with E-state index in [9.17, 15) is 8.78 Å². The van der Waals surface area contributed by atoms with Gasteiger partial charge in [0.15, 0.2) is 11.6 Å². The number of benzene rings is 1. The molecule has 1 fully saturated rings. The second-order valence-electron chi connectivity index (χ2n) is 4.72. The Morgan fingerprint density at radius 1 is 1.33 bits per heavy atom. The van der Waals surface area contributed by atoms with E-state index in [2.05, 4.69) is 12.2 Å². The van der Waals surface area contributed by atoms with E-state index < -0.39 is 11.6 Å². The third-order valence-corrected chi connectivity index (χ3v) is 3.28. The van der Waals surface area contributed by atoms with Crippen molar-refractivity contribution in [2.45, 2.75) is 44.8 Å². The molecule has 1 aromatic rings. The van der Waals surface area contributed by atoms with Gasteiger partial charge in [0, 0.05) is 12.1 Å². The van der Waals surface area contributed by atoms with Crippen molar-refractivity contribution in [3.63, 3.8) is 0 Å². The standard InChI is InChI=1S/C14H19F2NO/c1-2-8-17-12-4-3-5-13(12)18-14-9-10(15)6-7-11(14)16/h6-7,9,12-13,17H,2-5,8H2,1H3. The average Bonchev–Trinajstić information content (AvgIpc) is 2.79. The van der Waals surface area contributed by atoms with Crippen molar-refractivity contribution in [3.05, 3.63) is 29.8 Å². The van der Waals surface area contributed by atoms with Crippen LogP contribution in [0.3, 0.4) is 0 Å². The van der Waals surface area contributed by atoms with Crippen LogP contribution in [0, 0.1) is 11.6 Å². The van der Waals surface area contributed by atoms with Gasteiger partial charge in [-0.3, -0.25) is 0 Å². The zero-order chi connectivity index (χ0) is 13.0. The number of ether oxygens (including phenoxy) is 1. The maximum Gasteiger partial charge on any atom is 0.165 e. The monoisotopic (exact) mass is 255 g/mol. The third kappa shape index (κ3) is 3.19. The fraction of sp³-hybridized carbons (Fsp3) is 0.571. The molecule has 0 aliphatic heterocycles. The van der Waals surface area contributed by atoms with Gasteiger partial charge in [-0.1, -0.05) is 6.92 Å². The quantitative estimate of drug-likeness (QED) is 0.872. The number of rotatable bonds is 5. The van der Waals surface area contributed by atoms with Crippen molar-refractivity contribution in [2.75, 3.05) is 6.54 Å². The molecule has 1 aliphatic carbocycles. The maximum absolute atomic E-state index is 13.5. The molecule has 0 spiro atoms. The molecular weight excluding hydrogens is 236 g/mol. The van der Waals surface area contributed by atoms with E-state index in [0.717, 1.165) is 50.4 Å². The summed E-state index contributed by atoms with van der Waals surface area (Å²) < 4.78 is 32.2. The van der Waals surface area contributed by atoms with E-state index in [4.69, 9.17) is 4.74 Å². The molecule has 0 radical (unpaired) electrons. The summed E-state index contributed by atoms with van der Waals surface area (Å²) in [6, 6.07) is 3.56. The molecule has 0 bridgehead atoms. The van der Waals surface area contributed by atoms with Crippen LogP contribution in [0.5, 0.6) is 5.75 Å². The summed E-state index contributed by atoms with van der Waals surface area (Å²) in [4.78, 5) is 0. The Balaban J connectivity index is 2.01. The predicted molar refractivity (Wildman–Crippen MR) is 66.7 cm³/mol. The van der Waals surface area contributed by atoms with Gasteiger partial charge in [-0.05, 0) is 44.4 Å². The summed E-state index contributed by atoms with van der Waals surface area (Å²) in [5.74, 6) is -0.954. The van der Waals surface area contributed by atoms with Gasteiger partial charge in [0.1, 0.15) is 11.9 Å². The molecule has 0 saturated heterocycles. The minimum atomic E-state index is -0.502. The molecule has 4 heteroatoms. The first-order chi connectivity index (χ1) is 8.70. The van der Waals surface area contributed by atoms with E-state index in [-0.39, 0.29) is 17.9 Å². The topological polar surface area (TPSA) is 21.3 Å². The molecule has 1 aromatic carbocycles. The Bertz CT molecular complexity index is 397. The normalized spacial score (nSPS) is 23.3. The molecular formula is C14H19F2NO. The van der Waals surface area contributed by atoms with Crippen molar-refractivity contribution >= 4 is 0 Å². The molecule has 100 valence electrons. The first-order valence-electron chi connectivity index (χ1n) is 6.55. The zero-order valence-corrected chi connectivity index (χ0v) is 10.6. The van der Waals surface area contributed by atoms with E-state index >= 15 is 0 Å². The molecule has 0 aromatic heterocycles. The summed E-state index contributed by atoms with van der Waals surface area (Å²) in [5, 5.41) is 3.39. The molecule has 1 saturated carbocycles. The highest BCUT2D eigenvalue weighted by Gasteiger charge is 2.29. The van der Waals surface area contributed by atoms with Gasteiger partial charge in [0.05, 0.1) is 0 Å². The third-order valence-electron chi connectivity index (χ3n) is 3.28. The Morgan fingerprint density at radius 3 is 2.94 bits per heavy atom. The Labute approximate surface area is 106 Å². The molecule has 2 nitrogen and oxygen atoms in total. The Kier molecular flexibility index (Phi) is 4.53. The second kappa shape index (κ2) is 6.14. The van der Waals surface area contributed by atoms with Gasteiger partial charge in [0.2, 0.25) is 0 Å². The SMILES string of the molecule is CCCNC1CCCC1Oc1cc(F)ccc1F. The largest absolute Gasteiger partial charge is 0.486 e. The molecule has 2 unspecified atom stereocenters. The van der Waals surface area contributed by atoms with Crippen LogP contribution in [-0.4, -0.2) is 18.7 Å². The van der Waals surface area contributed by atoms with Gasteiger partial charge in [0.25, 0.3) is 0 Å². The van der Waals surface area contributed by atoms with E-state index in [1.165, 1.54) is 0 Å². The van der Waals surface area contributed by atoms with Crippen LogP contribution in [0.4, 0.5) is 8.78 Å². The molecule has 0 amide bonds. The summed E-state index contributed by atoms with van der Waals surface area (Å²) in [7, 11) is 0. The number of hydrogen-bond donors (Lipinski definition) is 1. The molecule has 0 heterocycles. The lowest BCUT2D eigenvalue weighted by Crippen LogP contribution is -2.39. The average molecular weight is 255 g/mol. The van der Waals surface area contributed by atoms with Crippen LogP contribution in [0.2, 0.25) is 0 Å². The molecule has 18 heavy (non-hydrogen) atoms. The lowest BCUT2D eigenvalue weighted by atomic mass is 10.2. The van der Waals surface area contributed by atoms with Crippen LogP contribution in [0.25, 0.3) is 0 Å². The van der Waals surface area contributed by atoms with Gasteiger partial charge in [-0.25, -0.2) is 8.78 Å². The molecule has 2 atom stereocenters. The summed E-state index contributed by atoms with van der Waals surface area (Å²) in [6.45, 7) is 3.03. The van der Waals surface area contributed by atoms with E-state index in [1.807, 2.05) is 0 Å². The number of hydrogen-bond acceptors (Lipinski definition) is 2. The van der Waals surface area contributed by atoms with Crippen molar-refractivity contribution in [3.8, 4) is 5.75 Å².